The van der Waals surface area contributed by atoms with Gasteiger partial charge in [-0.25, -0.2) is 0 Å². The third-order valence-corrected chi connectivity index (χ3v) is 4.24. The summed E-state index contributed by atoms with van der Waals surface area (Å²) in [6, 6.07) is 0. The molecule has 2 aliphatic heterocycles. The zero-order chi connectivity index (χ0) is 14.6. The summed E-state index contributed by atoms with van der Waals surface area (Å²) in [5, 5.41) is 3.45. The summed E-state index contributed by atoms with van der Waals surface area (Å²) >= 11 is 0. The van der Waals surface area contributed by atoms with Gasteiger partial charge in [-0.3, -0.25) is 4.99 Å². The smallest absolute Gasteiger partial charge is 0.193 e. The number of aliphatic imine (C=N–C) groups is 1. The van der Waals surface area contributed by atoms with Gasteiger partial charge in [-0.1, -0.05) is 20.8 Å². The topological polar surface area (TPSA) is 36.9 Å². The van der Waals surface area contributed by atoms with Crippen molar-refractivity contribution in [1.29, 1.82) is 0 Å². The largest absolute Gasteiger partial charge is 0.380 e. The quantitative estimate of drug-likeness (QED) is 0.431. The average molecular weight is 409 g/mol. The van der Waals surface area contributed by atoms with E-state index in [9.17, 15) is 0 Å². The molecule has 0 spiro atoms. The number of ether oxygens (including phenoxy) is 1. The van der Waals surface area contributed by atoms with Gasteiger partial charge in [-0.05, 0) is 31.6 Å². The molecule has 4 nitrogen and oxygen atoms in total. The number of likely N-dealkylation sites (tertiary alicyclic amines) is 1. The number of nitrogens with one attached hydrogen (secondary N) is 1. The Morgan fingerprint density at radius 3 is 2.67 bits per heavy atom. The third kappa shape index (κ3) is 5.58. The molecule has 0 saturated carbocycles. The summed E-state index contributed by atoms with van der Waals surface area (Å²) in [4.78, 5) is 7.30. The fraction of sp³-hybridized carbons (Fsp3) is 0.938. The second-order valence-electron chi connectivity index (χ2n) is 7.20. The summed E-state index contributed by atoms with van der Waals surface area (Å²) < 4.78 is 5.31. The van der Waals surface area contributed by atoms with Crippen LogP contribution < -0.4 is 5.32 Å². The lowest BCUT2D eigenvalue weighted by Crippen LogP contribution is -2.45. The van der Waals surface area contributed by atoms with Crippen molar-refractivity contribution in [3.63, 3.8) is 0 Å². The first-order valence-corrected chi connectivity index (χ1v) is 8.13. The number of halogens is 1. The highest BCUT2D eigenvalue weighted by Gasteiger charge is 2.33. The van der Waals surface area contributed by atoms with Crippen LogP contribution in [0.25, 0.3) is 0 Å². The van der Waals surface area contributed by atoms with Gasteiger partial charge in [0.15, 0.2) is 5.96 Å². The van der Waals surface area contributed by atoms with E-state index in [1.54, 1.807) is 0 Å². The molecular weight excluding hydrogens is 377 g/mol. The molecule has 0 aliphatic carbocycles. The Morgan fingerprint density at radius 1 is 1.43 bits per heavy atom. The normalized spacial score (nSPS) is 24.7. The molecule has 0 aromatic rings. The second kappa shape index (κ2) is 8.56. The van der Waals surface area contributed by atoms with Gasteiger partial charge < -0.3 is 15.0 Å². The molecule has 0 aromatic carbocycles. The predicted octanol–water partition coefficient (Wildman–Crippen LogP) is 2.97. The minimum Gasteiger partial charge on any atom is -0.380 e. The Kier molecular flexibility index (Phi) is 7.74. The standard InChI is InChI=1S/C16H31N3O.HI/c1-5-17-15(18-10-16(4)11-20-12-16)19-7-6-14(9-19)8-13(2)3;/h13-14H,5-12H2,1-4H3,(H,17,18);1H. The SMILES string of the molecule is CCNC(=NCC1(C)COC1)N1CCC(CC(C)C)C1.I. The van der Waals surface area contributed by atoms with Crippen LogP contribution >= 0.6 is 24.0 Å². The van der Waals surface area contributed by atoms with Crippen molar-refractivity contribution in [2.75, 3.05) is 39.4 Å². The zero-order valence-electron chi connectivity index (χ0n) is 14.0. The van der Waals surface area contributed by atoms with E-state index in [0.29, 0.717) is 0 Å². The maximum atomic E-state index is 5.31. The Balaban J connectivity index is 0.00000220. The van der Waals surface area contributed by atoms with E-state index in [1.165, 1.54) is 12.8 Å². The van der Waals surface area contributed by atoms with E-state index >= 15 is 0 Å². The van der Waals surface area contributed by atoms with Crippen LogP contribution in [0, 0.1) is 17.3 Å². The molecule has 2 rings (SSSR count). The molecule has 2 saturated heterocycles. The van der Waals surface area contributed by atoms with Gasteiger partial charge in [0.25, 0.3) is 0 Å². The summed E-state index contributed by atoms with van der Waals surface area (Å²) in [6.45, 7) is 14.9. The number of hydrogen-bond donors (Lipinski definition) is 1. The molecule has 1 atom stereocenters. The first-order valence-electron chi connectivity index (χ1n) is 8.13. The zero-order valence-corrected chi connectivity index (χ0v) is 16.4. The highest BCUT2D eigenvalue weighted by Crippen LogP contribution is 2.27. The molecule has 2 fully saturated rings. The van der Waals surface area contributed by atoms with Crippen LogP contribution in [0.1, 0.15) is 40.5 Å². The Morgan fingerprint density at radius 2 is 2.14 bits per heavy atom. The summed E-state index contributed by atoms with van der Waals surface area (Å²) in [6.07, 6.45) is 2.64. The predicted molar refractivity (Wildman–Crippen MR) is 99.5 cm³/mol. The molecule has 1 unspecified atom stereocenters. The van der Waals surface area contributed by atoms with Crippen LogP contribution in [0.5, 0.6) is 0 Å². The molecule has 2 aliphatic rings. The Labute approximate surface area is 147 Å². The summed E-state index contributed by atoms with van der Waals surface area (Å²) in [5.41, 5.74) is 0.262. The van der Waals surface area contributed by atoms with Gasteiger partial charge in [0.05, 0.1) is 19.8 Å². The lowest BCUT2D eigenvalue weighted by atomic mass is 9.89. The lowest BCUT2D eigenvalue weighted by Gasteiger charge is -2.37. The van der Waals surface area contributed by atoms with Gasteiger partial charge in [0, 0.05) is 25.0 Å². The van der Waals surface area contributed by atoms with Crippen LogP contribution in [0.15, 0.2) is 4.99 Å². The number of rotatable bonds is 5. The minimum absolute atomic E-state index is 0. The van der Waals surface area contributed by atoms with Crippen LogP contribution in [-0.2, 0) is 4.74 Å². The molecule has 0 bridgehead atoms. The maximum Gasteiger partial charge on any atom is 0.193 e. The van der Waals surface area contributed by atoms with Gasteiger partial charge in [0.1, 0.15) is 0 Å². The molecule has 0 radical (unpaired) electrons. The number of nitrogens with zero attached hydrogens (tertiary/aromatic N) is 2. The van der Waals surface area contributed by atoms with Gasteiger partial charge in [-0.2, -0.15) is 0 Å². The summed E-state index contributed by atoms with van der Waals surface area (Å²) in [7, 11) is 0. The molecule has 124 valence electrons. The highest BCUT2D eigenvalue weighted by atomic mass is 127. The second-order valence-corrected chi connectivity index (χ2v) is 7.20. The van der Waals surface area contributed by atoms with Crippen LogP contribution in [0.4, 0.5) is 0 Å². The van der Waals surface area contributed by atoms with Crippen molar-refractivity contribution in [2.45, 2.75) is 40.5 Å². The maximum absolute atomic E-state index is 5.31. The molecule has 5 heteroatoms. The van der Waals surface area contributed by atoms with Gasteiger partial charge >= 0.3 is 0 Å². The van der Waals surface area contributed by atoms with Crippen LogP contribution in [0.2, 0.25) is 0 Å². The molecule has 0 aromatic heterocycles. The van der Waals surface area contributed by atoms with E-state index < -0.39 is 0 Å². The Hall–Kier alpha value is -0.0400. The van der Waals surface area contributed by atoms with Crippen LogP contribution in [-0.4, -0.2) is 50.3 Å². The molecular formula is C16H32IN3O. The molecule has 21 heavy (non-hydrogen) atoms. The van der Waals surface area contributed by atoms with E-state index in [0.717, 1.165) is 57.2 Å². The van der Waals surface area contributed by atoms with E-state index in [2.05, 4.69) is 37.9 Å². The third-order valence-electron chi connectivity index (χ3n) is 4.24. The first kappa shape index (κ1) is 19.0. The van der Waals surface area contributed by atoms with E-state index in [-0.39, 0.29) is 29.4 Å². The molecule has 0 amide bonds. The van der Waals surface area contributed by atoms with E-state index in [1.807, 2.05) is 0 Å². The number of hydrogen-bond acceptors (Lipinski definition) is 2. The highest BCUT2D eigenvalue weighted by molar-refractivity contribution is 14.0. The molecule has 2 heterocycles. The van der Waals surface area contributed by atoms with Gasteiger partial charge in [0.2, 0.25) is 0 Å². The van der Waals surface area contributed by atoms with Crippen molar-refractivity contribution in [1.82, 2.24) is 10.2 Å². The summed E-state index contributed by atoms with van der Waals surface area (Å²) in [5.74, 6) is 2.74. The van der Waals surface area contributed by atoms with Crippen molar-refractivity contribution < 1.29 is 4.74 Å². The average Bonchev–Trinajstić information content (AvgIpc) is 2.79. The van der Waals surface area contributed by atoms with Crippen molar-refractivity contribution >= 4 is 29.9 Å². The Bertz CT molecular complexity index is 342. The fourth-order valence-corrected chi connectivity index (χ4v) is 3.12. The van der Waals surface area contributed by atoms with Crippen molar-refractivity contribution in [3.8, 4) is 0 Å². The first-order chi connectivity index (χ1) is 9.52. The number of guanidine groups is 1. The lowest BCUT2D eigenvalue weighted by molar-refractivity contribution is -0.0945. The van der Waals surface area contributed by atoms with Gasteiger partial charge in [-0.15, -0.1) is 24.0 Å². The van der Waals surface area contributed by atoms with Crippen molar-refractivity contribution in [2.24, 2.45) is 22.2 Å². The minimum atomic E-state index is 0. The molecule has 1 N–H and O–H groups in total. The van der Waals surface area contributed by atoms with Crippen LogP contribution in [0.3, 0.4) is 0 Å². The fourth-order valence-electron chi connectivity index (χ4n) is 3.12. The monoisotopic (exact) mass is 409 g/mol. The van der Waals surface area contributed by atoms with E-state index in [4.69, 9.17) is 9.73 Å². The van der Waals surface area contributed by atoms with Crippen molar-refractivity contribution in [3.05, 3.63) is 0 Å².